The van der Waals surface area contributed by atoms with Crippen LogP contribution < -0.4 is 0 Å². The third-order valence-corrected chi connectivity index (χ3v) is 4.73. The monoisotopic (exact) mass is 195 g/mol. The number of hydrogen-bond acceptors (Lipinski definition) is 2. The molecule has 0 radical (unpaired) electrons. The highest BCUT2D eigenvalue weighted by Gasteiger charge is 2.25. The minimum absolute atomic E-state index is 0.373. The Hall–Kier alpha value is -0.160. The van der Waals surface area contributed by atoms with Gasteiger partial charge in [-0.2, -0.15) is 17.0 Å². The molecule has 72 valence electrons. The molecule has 2 saturated carbocycles. The second-order valence-corrected chi connectivity index (χ2v) is 5.71. The summed E-state index contributed by atoms with van der Waals surface area (Å²) in [6, 6.07) is 2.39. The van der Waals surface area contributed by atoms with E-state index in [9.17, 15) is 0 Å². The Morgan fingerprint density at radius 3 is 2.31 bits per heavy atom. The van der Waals surface area contributed by atoms with Crippen LogP contribution in [0.15, 0.2) is 0 Å². The van der Waals surface area contributed by atoms with Gasteiger partial charge in [-0.15, -0.1) is 0 Å². The fourth-order valence-corrected chi connectivity index (χ4v) is 3.40. The predicted octanol–water partition coefficient (Wildman–Crippen LogP) is 3.21. The molecule has 0 unspecified atom stereocenters. The molecule has 0 aromatic heterocycles. The summed E-state index contributed by atoms with van der Waals surface area (Å²) in [6.07, 6.45) is 7.82. The van der Waals surface area contributed by atoms with Crippen LogP contribution in [0.2, 0.25) is 0 Å². The summed E-state index contributed by atoms with van der Waals surface area (Å²) in [4.78, 5) is 0. The molecule has 0 bridgehead atoms. The van der Waals surface area contributed by atoms with Crippen LogP contribution >= 0.6 is 11.8 Å². The summed E-state index contributed by atoms with van der Waals surface area (Å²) in [7, 11) is 0. The summed E-state index contributed by atoms with van der Waals surface area (Å²) >= 11 is 2.17. The number of nitriles is 1. The molecule has 2 aliphatic carbocycles. The molecule has 0 spiro atoms. The zero-order chi connectivity index (χ0) is 9.10. The van der Waals surface area contributed by atoms with Gasteiger partial charge in [0.05, 0.1) is 6.07 Å². The van der Waals surface area contributed by atoms with Crippen LogP contribution in [0.5, 0.6) is 0 Å². The molecule has 1 nitrogen and oxygen atoms in total. The van der Waals surface area contributed by atoms with E-state index in [1.807, 2.05) is 0 Å². The number of hydrogen-bond donors (Lipinski definition) is 0. The average Bonchev–Trinajstić information content (AvgIpc) is 2.99. The van der Waals surface area contributed by atoms with Gasteiger partial charge < -0.3 is 0 Å². The lowest BCUT2D eigenvalue weighted by Gasteiger charge is -2.24. The van der Waals surface area contributed by atoms with Gasteiger partial charge in [0.15, 0.2) is 0 Å². The van der Waals surface area contributed by atoms with Gasteiger partial charge in [-0.1, -0.05) is 0 Å². The van der Waals surface area contributed by atoms with Crippen molar-refractivity contribution < 1.29 is 0 Å². The van der Waals surface area contributed by atoms with Crippen molar-refractivity contribution in [2.24, 2.45) is 11.8 Å². The first kappa shape index (κ1) is 9.40. The van der Waals surface area contributed by atoms with Crippen molar-refractivity contribution in [3.63, 3.8) is 0 Å². The molecule has 13 heavy (non-hydrogen) atoms. The average molecular weight is 195 g/mol. The van der Waals surface area contributed by atoms with E-state index in [4.69, 9.17) is 5.26 Å². The Morgan fingerprint density at radius 1 is 1.08 bits per heavy atom. The summed E-state index contributed by atoms with van der Waals surface area (Å²) in [5, 5.41) is 9.63. The molecule has 0 saturated heterocycles. The van der Waals surface area contributed by atoms with E-state index < -0.39 is 0 Å². The lowest BCUT2D eigenvalue weighted by atomic mass is 9.90. The highest BCUT2D eigenvalue weighted by atomic mass is 32.2. The maximum Gasteiger partial charge on any atom is 0.0655 e. The highest BCUT2D eigenvalue weighted by Crippen LogP contribution is 2.38. The first-order valence-electron chi connectivity index (χ1n) is 5.39. The quantitative estimate of drug-likeness (QED) is 0.690. The number of rotatable bonds is 3. The van der Waals surface area contributed by atoms with Crippen molar-refractivity contribution in [1.82, 2.24) is 0 Å². The minimum Gasteiger partial charge on any atom is -0.198 e. The Balaban J connectivity index is 1.63. The van der Waals surface area contributed by atoms with Crippen LogP contribution in [-0.4, -0.2) is 11.0 Å². The van der Waals surface area contributed by atoms with Gasteiger partial charge in [-0.05, 0) is 50.2 Å². The smallest absolute Gasteiger partial charge is 0.0655 e. The topological polar surface area (TPSA) is 23.8 Å². The molecule has 2 heteroatoms. The van der Waals surface area contributed by atoms with Crippen LogP contribution in [0.25, 0.3) is 0 Å². The molecule has 2 aliphatic rings. The lowest BCUT2D eigenvalue weighted by Crippen LogP contribution is -2.15. The zero-order valence-corrected chi connectivity index (χ0v) is 8.85. The molecule has 0 amide bonds. The molecule has 2 rings (SSSR count). The van der Waals surface area contributed by atoms with Crippen molar-refractivity contribution >= 4 is 11.8 Å². The summed E-state index contributed by atoms with van der Waals surface area (Å²) in [6.45, 7) is 0. The van der Waals surface area contributed by atoms with Crippen molar-refractivity contribution in [3.8, 4) is 6.07 Å². The van der Waals surface area contributed by atoms with E-state index in [0.717, 1.165) is 24.0 Å². The normalized spacial score (nSPS) is 34.1. The van der Waals surface area contributed by atoms with Gasteiger partial charge in [0.1, 0.15) is 0 Å². The molecule has 2 fully saturated rings. The maximum absolute atomic E-state index is 8.75. The molecule has 0 N–H and O–H groups in total. The zero-order valence-electron chi connectivity index (χ0n) is 8.04. The van der Waals surface area contributed by atoms with Gasteiger partial charge in [0, 0.05) is 11.2 Å². The Morgan fingerprint density at radius 2 is 1.77 bits per heavy atom. The van der Waals surface area contributed by atoms with E-state index in [2.05, 4.69) is 17.8 Å². The Kier molecular flexibility index (Phi) is 3.16. The second kappa shape index (κ2) is 4.37. The van der Waals surface area contributed by atoms with Crippen LogP contribution in [0, 0.1) is 23.2 Å². The Labute approximate surface area is 84.9 Å². The van der Waals surface area contributed by atoms with Crippen LogP contribution in [0.4, 0.5) is 0 Å². The third-order valence-electron chi connectivity index (χ3n) is 3.12. The van der Waals surface area contributed by atoms with E-state index in [-0.39, 0.29) is 0 Å². The lowest BCUT2D eigenvalue weighted by molar-refractivity contribution is 0.436. The number of nitrogens with zero attached hydrogens (tertiary/aromatic N) is 1. The van der Waals surface area contributed by atoms with Gasteiger partial charge in [0.2, 0.25) is 0 Å². The molecule has 0 aromatic rings. The fraction of sp³-hybridized carbons (Fsp3) is 0.909. The maximum atomic E-state index is 8.75. The first-order chi connectivity index (χ1) is 6.38. The third kappa shape index (κ3) is 2.91. The van der Waals surface area contributed by atoms with E-state index in [1.54, 1.807) is 0 Å². The second-order valence-electron chi connectivity index (χ2n) is 4.38. The molecular formula is C11H17NS. The largest absolute Gasteiger partial charge is 0.198 e. The number of thioether (sulfide) groups is 1. The molecule has 0 aromatic carbocycles. The molecule has 0 heterocycles. The standard InChI is InChI=1S/C11H17NS/c12-7-9-3-5-11(6-4-9)13-8-10-1-2-10/h9-11H,1-6,8H2. The summed E-state index contributed by atoms with van der Waals surface area (Å²) in [5.41, 5.74) is 0. The summed E-state index contributed by atoms with van der Waals surface area (Å²) < 4.78 is 0. The van der Waals surface area contributed by atoms with Gasteiger partial charge in [-0.3, -0.25) is 0 Å². The molecule has 0 aliphatic heterocycles. The van der Waals surface area contributed by atoms with Crippen LogP contribution in [0.1, 0.15) is 38.5 Å². The Bertz CT molecular complexity index is 197. The SMILES string of the molecule is N#CC1CCC(SCC2CC2)CC1. The van der Waals surface area contributed by atoms with E-state index in [0.29, 0.717) is 5.92 Å². The minimum atomic E-state index is 0.373. The van der Waals surface area contributed by atoms with Crippen molar-refractivity contribution in [1.29, 1.82) is 5.26 Å². The molecule has 0 atom stereocenters. The van der Waals surface area contributed by atoms with Crippen LogP contribution in [0.3, 0.4) is 0 Å². The van der Waals surface area contributed by atoms with E-state index in [1.165, 1.54) is 31.4 Å². The highest BCUT2D eigenvalue weighted by molar-refractivity contribution is 7.99. The van der Waals surface area contributed by atoms with Crippen molar-refractivity contribution in [3.05, 3.63) is 0 Å². The van der Waals surface area contributed by atoms with Crippen molar-refractivity contribution in [2.45, 2.75) is 43.8 Å². The van der Waals surface area contributed by atoms with Gasteiger partial charge in [0.25, 0.3) is 0 Å². The first-order valence-corrected chi connectivity index (χ1v) is 6.44. The van der Waals surface area contributed by atoms with Gasteiger partial charge in [-0.25, -0.2) is 0 Å². The van der Waals surface area contributed by atoms with Crippen molar-refractivity contribution in [2.75, 3.05) is 5.75 Å². The summed E-state index contributed by atoms with van der Waals surface area (Å²) in [5.74, 6) is 2.82. The predicted molar refractivity (Wildman–Crippen MR) is 56.5 cm³/mol. The van der Waals surface area contributed by atoms with Crippen LogP contribution in [-0.2, 0) is 0 Å². The fourth-order valence-electron chi connectivity index (χ4n) is 1.92. The van der Waals surface area contributed by atoms with Gasteiger partial charge >= 0.3 is 0 Å². The molecular weight excluding hydrogens is 178 g/mol. The van der Waals surface area contributed by atoms with E-state index >= 15 is 0 Å².